The first-order valence-electron chi connectivity index (χ1n) is 4.59. The van der Waals surface area contributed by atoms with Crippen LogP contribution in [0.25, 0.3) is 0 Å². The van der Waals surface area contributed by atoms with Gasteiger partial charge in [0.25, 0.3) is 0 Å². The van der Waals surface area contributed by atoms with E-state index in [0.717, 1.165) is 0 Å². The normalized spacial score (nSPS) is 9.80. The molecule has 1 amide bonds. The summed E-state index contributed by atoms with van der Waals surface area (Å²) < 4.78 is 17.9. The number of hydrogen-bond donors (Lipinski definition) is 2. The standard InChI is InChI=1S/C10H13FN2O2/c1-2-15-10(14)13-9-4-3-7(6-12)5-8(9)11/h3-5H,2,6,12H2,1H3,(H,13,14). The molecule has 1 aromatic carbocycles. The molecule has 0 unspecified atom stereocenters. The first-order chi connectivity index (χ1) is 7.17. The first kappa shape index (κ1) is 11.5. The molecule has 0 spiro atoms. The average Bonchev–Trinajstić information content (AvgIpc) is 2.21. The number of halogens is 1. The molecule has 1 aromatic rings. The summed E-state index contributed by atoms with van der Waals surface area (Å²) in [5.74, 6) is -0.522. The van der Waals surface area contributed by atoms with Gasteiger partial charge >= 0.3 is 6.09 Å². The van der Waals surface area contributed by atoms with E-state index < -0.39 is 11.9 Å². The molecule has 15 heavy (non-hydrogen) atoms. The summed E-state index contributed by atoms with van der Waals surface area (Å²) in [6, 6.07) is 4.38. The second-order valence-electron chi connectivity index (χ2n) is 2.86. The Morgan fingerprint density at radius 1 is 1.60 bits per heavy atom. The van der Waals surface area contributed by atoms with Gasteiger partial charge in [0, 0.05) is 6.54 Å². The number of amides is 1. The Balaban J connectivity index is 2.73. The van der Waals surface area contributed by atoms with Crippen molar-refractivity contribution in [1.82, 2.24) is 0 Å². The van der Waals surface area contributed by atoms with Crippen molar-refractivity contribution in [2.75, 3.05) is 11.9 Å². The summed E-state index contributed by atoms with van der Waals surface area (Å²) in [5.41, 5.74) is 6.10. The van der Waals surface area contributed by atoms with Gasteiger partial charge in [0.2, 0.25) is 0 Å². The Hall–Kier alpha value is -1.62. The minimum Gasteiger partial charge on any atom is -0.450 e. The van der Waals surface area contributed by atoms with Crippen LogP contribution in [0.5, 0.6) is 0 Å². The molecule has 0 fully saturated rings. The van der Waals surface area contributed by atoms with Crippen LogP contribution in [0.1, 0.15) is 12.5 Å². The number of rotatable bonds is 3. The molecule has 0 bridgehead atoms. The minimum atomic E-state index is -0.670. The van der Waals surface area contributed by atoms with Gasteiger partial charge in [-0.2, -0.15) is 0 Å². The van der Waals surface area contributed by atoms with Crippen molar-refractivity contribution < 1.29 is 13.9 Å². The number of ether oxygens (including phenoxy) is 1. The van der Waals surface area contributed by atoms with Crippen LogP contribution < -0.4 is 11.1 Å². The Bertz CT molecular complexity index is 355. The largest absolute Gasteiger partial charge is 0.450 e. The van der Waals surface area contributed by atoms with Crippen molar-refractivity contribution in [3.8, 4) is 0 Å². The summed E-state index contributed by atoms with van der Waals surface area (Å²) in [5, 5.41) is 2.29. The van der Waals surface area contributed by atoms with Crippen LogP contribution in [0.3, 0.4) is 0 Å². The summed E-state index contributed by atoms with van der Waals surface area (Å²) >= 11 is 0. The fraction of sp³-hybridized carbons (Fsp3) is 0.300. The second-order valence-corrected chi connectivity index (χ2v) is 2.86. The van der Waals surface area contributed by atoms with E-state index in [1.807, 2.05) is 0 Å². The van der Waals surface area contributed by atoms with E-state index in [1.54, 1.807) is 13.0 Å². The zero-order valence-electron chi connectivity index (χ0n) is 8.42. The maximum Gasteiger partial charge on any atom is 0.411 e. The van der Waals surface area contributed by atoms with Gasteiger partial charge < -0.3 is 10.5 Å². The molecule has 3 N–H and O–H groups in total. The molecular weight excluding hydrogens is 199 g/mol. The number of nitrogens with two attached hydrogens (primary N) is 1. The van der Waals surface area contributed by atoms with Gasteiger partial charge in [-0.25, -0.2) is 9.18 Å². The van der Waals surface area contributed by atoms with E-state index in [4.69, 9.17) is 5.73 Å². The monoisotopic (exact) mass is 212 g/mol. The zero-order valence-corrected chi connectivity index (χ0v) is 8.42. The lowest BCUT2D eigenvalue weighted by molar-refractivity contribution is 0.168. The van der Waals surface area contributed by atoms with Crippen LogP contribution in [0.4, 0.5) is 14.9 Å². The van der Waals surface area contributed by atoms with Crippen LogP contribution in [0.2, 0.25) is 0 Å². The van der Waals surface area contributed by atoms with Gasteiger partial charge in [0.05, 0.1) is 12.3 Å². The third kappa shape index (κ3) is 3.21. The third-order valence-corrected chi connectivity index (χ3v) is 1.78. The van der Waals surface area contributed by atoms with Gasteiger partial charge in [0.1, 0.15) is 5.82 Å². The van der Waals surface area contributed by atoms with Crippen LogP contribution in [-0.4, -0.2) is 12.7 Å². The molecular formula is C10H13FN2O2. The highest BCUT2D eigenvalue weighted by Gasteiger charge is 2.07. The molecule has 0 saturated carbocycles. The van der Waals surface area contributed by atoms with Crippen molar-refractivity contribution in [2.24, 2.45) is 5.73 Å². The summed E-state index contributed by atoms with van der Waals surface area (Å²) in [7, 11) is 0. The fourth-order valence-electron chi connectivity index (χ4n) is 1.06. The highest BCUT2D eigenvalue weighted by atomic mass is 19.1. The van der Waals surface area contributed by atoms with E-state index in [9.17, 15) is 9.18 Å². The van der Waals surface area contributed by atoms with Gasteiger partial charge in [-0.15, -0.1) is 0 Å². The number of anilines is 1. The van der Waals surface area contributed by atoms with E-state index >= 15 is 0 Å². The maximum absolute atomic E-state index is 13.3. The van der Waals surface area contributed by atoms with Crippen molar-refractivity contribution in [3.63, 3.8) is 0 Å². The molecule has 4 nitrogen and oxygen atoms in total. The molecule has 0 aliphatic rings. The van der Waals surface area contributed by atoms with Crippen LogP contribution in [0.15, 0.2) is 18.2 Å². The fourth-order valence-corrected chi connectivity index (χ4v) is 1.06. The number of carbonyl (C=O) groups is 1. The molecule has 0 aliphatic carbocycles. The molecule has 0 heterocycles. The van der Waals surface area contributed by atoms with E-state index in [0.29, 0.717) is 5.56 Å². The molecule has 0 aliphatic heterocycles. The lowest BCUT2D eigenvalue weighted by Crippen LogP contribution is -2.14. The number of nitrogens with one attached hydrogen (secondary N) is 1. The molecule has 1 rings (SSSR count). The van der Waals surface area contributed by atoms with Crippen molar-refractivity contribution in [2.45, 2.75) is 13.5 Å². The second kappa shape index (κ2) is 5.31. The highest BCUT2D eigenvalue weighted by molar-refractivity contribution is 5.84. The Morgan fingerprint density at radius 2 is 2.33 bits per heavy atom. The molecule has 5 heteroatoms. The van der Waals surface area contributed by atoms with Crippen LogP contribution in [-0.2, 0) is 11.3 Å². The number of benzene rings is 1. The molecule has 0 saturated heterocycles. The van der Waals surface area contributed by atoms with E-state index in [2.05, 4.69) is 10.1 Å². The molecule has 0 aromatic heterocycles. The Kier molecular flexibility index (Phi) is 4.05. The molecule has 0 atom stereocenters. The third-order valence-electron chi connectivity index (χ3n) is 1.78. The number of hydrogen-bond acceptors (Lipinski definition) is 3. The lowest BCUT2D eigenvalue weighted by Gasteiger charge is -2.07. The smallest absolute Gasteiger partial charge is 0.411 e. The number of carbonyl (C=O) groups excluding carboxylic acids is 1. The quantitative estimate of drug-likeness (QED) is 0.803. The lowest BCUT2D eigenvalue weighted by atomic mass is 10.2. The predicted molar refractivity (Wildman–Crippen MR) is 54.9 cm³/mol. The predicted octanol–water partition coefficient (Wildman–Crippen LogP) is 1.85. The van der Waals surface area contributed by atoms with Crippen molar-refractivity contribution >= 4 is 11.8 Å². The van der Waals surface area contributed by atoms with Gasteiger partial charge in [-0.05, 0) is 24.6 Å². The summed E-state index contributed by atoms with van der Waals surface area (Å²) in [6.07, 6.45) is -0.670. The minimum absolute atomic E-state index is 0.0886. The van der Waals surface area contributed by atoms with Gasteiger partial charge in [-0.3, -0.25) is 5.32 Å². The summed E-state index contributed by atoms with van der Waals surface area (Å²) in [6.45, 7) is 2.18. The zero-order chi connectivity index (χ0) is 11.3. The van der Waals surface area contributed by atoms with Crippen LogP contribution in [0, 0.1) is 5.82 Å². The molecule has 82 valence electrons. The van der Waals surface area contributed by atoms with Gasteiger partial charge in [0.15, 0.2) is 0 Å². The van der Waals surface area contributed by atoms with Crippen molar-refractivity contribution in [1.29, 1.82) is 0 Å². The molecule has 0 radical (unpaired) electrons. The maximum atomic E-state index is 13.3. The highest BCUT2D eigenvalue weighted by Crippen LogP contribution is 2.15. The van der Waals surface area contributed by atoms with E-state index in [-0.39, 0.29) is 18.8 Å². The van der Waals surface area contributed by atoms with Crippen molar-refractivity contribution in [3.05, 3.63) is 29.6 Å². The SMILES string of the molecule is CCOC(=O)Nc1ccc(CN)cc1F. The topological polar surface area (TPSA) is 64.3 Å². The Morgan fingerprint density at radius 3 is 2.87 bits per heavy atom. The Labute approximate surface area is 87.2 Å². The first-order valence-corrected chi connectivity index (χ1v) is 4.59. The average molecular weight is 212 g/mol. The summed E-state index contributed by atoms with van der Waals surface area (Å²) in [4.78, 5) is 11.0. The van der Waals surface area contributed by atoms with Crippen LogP contribution >= 0.6 is 0 Å². The van der Waals surface area contributed by atoms with Gasteiger partial charge in [-0.1, -0.05) is 6.07 Å². The van der Waals surface area contributed by atoms with E-state index in [1.165, 1.54) is 12.1 Å².